The van der Waals surface area contributed by atoms with E-state index in [0.29, 0.717) is 16.7 Å². The van der Waals surface area contributed by atoms with Crippen LogP contribution in [0, 0.1) is 0 Å². The van der Waals surface area contributed by atoms with Gasteiger partial charge in [0.2, 0.25) is 5.91 Å². The second-order valence-electron chi connectivity index (χ2n) is 6.49. The van der Waals surface area contributed by atoms with E-state index in [9.17, 15) is 18.0 Å². The highest BCUT2D eigenvalue weighted by Gasteiger charge is 2.33. The molecule has 0 bridgehead atoms. The first-order chi connectivity index (χ1) is 14.6. The van der Waals surface area contributed by atoms with E-state index in [2.05, 4.69) is 31.4 Å². The normalized spacial score (nSPS) is 12.5. The topological polar surface area (TPSA) is 69.0 Å². The third kappa shape index (κ3) is 6.01. The number of anilines is 1. The van der Waals surface area contributed by atoms with Gasteiger partial charge in [-0.05, 0) is 43.3 Å². The molecule has 6 nitrogen and oxygen atoms in total. The molecule has 0 aliphatic heterocycles. The van der Waals surface area contributed by atoms with Crippen LogP contribution in [0.15, 0.2) is 58.2 Å². The predicted octanol–water partition coefficient (Wildman–Crippen LogP) is 5.47. The first-order valence-corrected chi connectivity index (χ1v) is 10.8. The predicted molar refractivity (Wildman–Crippen MR) is 115 cm³/mol. The van der Waals surface area contributed by atoms with Crippen molar-refractivity contribution in [3.05, 3.63) is 64.4 Å². The van der Waals surface area contributed by atoms with Crippen molar-refractivity contribution in [1.82, 2.24) is 14.8 Å². The monoisotopic (exact) mass is 514 g/mol. The summed E-state index contributed by atoms with van der Waals surface area (Å²) < 4.78 is 47.7. The number of ether oxygens (including phenoxy) is 1. The number of hydrogen-bond acceptors (Lipinski definition) is 5. The summed E-state index contributed by atoms with van der Waals surface area (Å²) in [4.78, 5) is 12.2. The Kier molecular flexibility index (Phi) is 7.26. The van der Waals surface area contributed by atoms with E-state index in [1.807, 2.05) is 31.2 Å². The SMILES string of the molecule is CC(Oc1ccc(Br)cc1)c1nnc(SCC(=O)Nc2ccccc2C(F)(F)F)n1C. The zero-order valence-corrected chi connectivity index (χ0v) is 18.9. The van der Waals surface area contributed by atoms with E-state index >= 15 is 0 Å². The number of carbonyl (C=O) groups excluding carboxylic acids is 1. The van der Waals surface area contributed by atoms with Gasteiger partial charge in [0.15, 0.2) is 17.1 Å². The Balaban J connectivity index is 1.61. The molecule has 3 rings (SSSR count). The van der Waals surface area contributed by atoms with Crippen LogP contribution >= 0.6 is 27.7 Å². The van der Waals surface area contributed by atoms with Crippen molar-refractivity contribution in [3.8, 4) is 5.75 Å². The fourth-order valence-corrected chi connectivity index (χ4v) is 3.71. The van der Waals surface area contributed by atoms with Gasteiger partial charge < -0.3 is 14.6 Å². The van der Waals surface area contributed by atoms with Crippen LogP contribution in [0.5, 0.6) is 5.75 Å². The average Bonchev–Trinajstić information content (AvgIpc) is 3.08. The van der Waals surface area contributed by atoms with Gasteiger partial charge in [-0.2, -0.15) is 13.2 Å². The number of nitrogens with one attached hydrogen (secondary N) is 1. The van der Waals surface area contributed by atoms with E-state index in [0.717, 1.165) is 22.3 Å². The van der Waals surface area contributed by atoms with Gasteiger partial charge in [-0.1, -0.05) is 39.8 Å². The highest BCUT2D eigenvalue weighted by atomic mass is 79.9. The quantitative estimate of drug-likeness (QED) is 0.423. The van der Waals surface area contributed by atoms with Gasteiger partial charge in [0.05, 0.1) is 17.0 Å². The number of rotatable bonds is 7. The van der Waals surface area contributed by atoms with Gasteiger partial charge in [-0.3, -0.25) is 4.79 Å². The fourth-order valence-electron chi connectivity index (χ4n) is 2.73. The van der Waals surface area contributed by atoms with E-state index in [-0.39, 0.29) is 11.4 Å². The zero-order chi connectivity index (χ0) is 22.6. The van der Waals surface area contributed by atoms with Crippen molar-refractivity contribution in [2.45, 2.75) is 24.4 Å². The van der Waals surface area contributed by atoms with Crippen LogP contribution in [-0.4, -0.2) is 26.4 Å². The lowest BCUT2D eigenvalue weighted by Gasteiger charge is -2.14. The zero-order valence-electron chi connectivity index (χ0n) is 16.5. The molecule has 164 valence electrons. The minimum absolute atomic E-state index is 0.125. The molecule has 1 unspecified atom stereocenters. The molecule has 1 amide bonds. The number of benzene rings is 2. The van der Waals surface area contributed by atoms with Crippen LogP contribution in [0.2, 0.25) is 0 Å². The summed E-state index contributed by atoms with van der Waals surface area (Å²) in [5.74, 6) is 0.509. The van der Waals surface area contributed by atoms with Gasteiger partial charge in [-0.25, -0.2) is 0 Å². The molecule has 0 saturated carbocycles. The van der Waals surface area contributed by atoms with Gasteiger partial charge in [0, 0.05) is 11.5 Å². The van der Waals surface area contributed by atoms with Crippen molar-refractivity contribution in [2.24, 2.45) is 7.05 Å². The molecule has 1 atom stereocenters. The number of amides is 1. The molecule has 3 aromatic rings. The number of nitrogens with zero attached hydrogens (tertiary/aromatic N) is 3. The summed E-state index contributed by atoms with van der Waals surface area (Å²) in [5.41, 5.74) is -1.18. The van der Waals surface area contributed by atoms with Crippen LogP contribution in [0.25, 0.3) is 0 Å². The fraction of sp³-hybridized carbons (Fsp3) is 0.250. The summed E-state index contributed by atoms with van der Waals surface area (Å²) in [6, 6.07) is 12.2. The van der Waals surface area contributed by atoms with Crippen LogP contribution in [0.4, 0.5) is 18.9 Å². The summed E-state index contributed by atoms with van der Waals surface area (Å²) >= 11 is 4.43. The molecule has 0 spiro atoms. The summed E-state index contributed by atoms with van der Waals surface area (Å²) in [6.07, 6.45) is -4.96. The maximum atomic E-state index is 13.1. The standard InChI is InChI=1S/C20H18BrF3N4O2S/c1-12(30-14-9-7-13(21)8-10-14)18-26-27-19(28(18)2)31-11-17(29)25-16-6-4-3-5-15(16)20(22,23)24/h3-10,12H,11H2,1-2H3,(H,25,29). The molecule has 31 heavy (non-hydrogen) atoms. The molecule has 0 radical (unpaired) electrons. The lowest BCUT2D eigenvalue weighted by atomic mass is 10.1. The smallest absolute Gasteiger partial charge is 0.418 e. The van der Waals surface area contributed by atoms with Crippen LogP contribution in [0.1, 0.15) is 24.4 Å². The number of para-hydroxylation sites is 1. The maximum Gasteiger partial charge on any atom is 0.418 e. The third-order valence-corrected chi connectivity index (χ3v) is 5.75. The van der Waals surface area contributed by atoms with Crippen molar-refractivity contribution in [3.63, 3.8) is 0 Å². The number of alkyl halides is 3. The van der Waals surface area contributed by atoms with E-state index in [1.54, 1.807) is 11.6 Å². The second-order valence-corrected chi connectivity index (χ2v) is 8.35. The molecule has 1 aromatic heterocycles. The first-order valence-electron chi connectivity index (χ1n) is 9.05. The Morgan fingerprint density at radius 2 is 1.87 bits per heavy atom. The maximum absolute atomic E-state index is 13.1. The summed E-state index contributed by atoms with van der Waals surface area (Å²) in [6.45, 7) is 1.82. The molecule has 1 heterocycles. The Morgan fingerprint density at radius 3 is 2.55 bits per heavy atom. The Labute approximate surface area is 189 Å². The van der Waals surface area contributed by atoms with Gasteiger partial charge in [0.1, 0.15) is 5.75 Å². The van der Waals surface area contributed by atoms with Crippen LogP contribution in [-0.2, 0) is 18.0 Å². The number of aromatic nitrogens is 3. The molecule has 0 aliphatic rings. The van der Waals surface area contributed by atoms with Crippen molar-refractivity contribution in [1.29, 1.82) is 0 Å². The summed E-state index contributed by atoms with van der Waals surface area (Å²) in [5, 5.41) is 10.9. The molecule has 1 N–H and O–H groups in total. The number of halogens is 4. The minimum atomic E-state index is -4.56. The molecule has 2 aromatic carbocycles. The molecular weight excluding hydrogens is 497 g/mol. The Morgan fingerprint density at radius 1 is 1.19 bits per heavy atom. The van der Waals surface area contributed by atoms with Gasteiger partial charge in [-0.15, -0.1) is 10.2 Å². The highest BCUT2D eigenvalue weighted by molar-refractivity contribution is 9.10. The van der Waals surface area contributed by atoms with Crippen LogP contribution in [0.3, 0.4) is 0 Å². The Hall–Kier alpha value is -2.53. The van der Waals surface area contributed by atoms with Crippen molar-refractivity contribution < 1.29 is 22.7 Å². The molecule has 0 saturated heterocycles. The van der Waals surface area contributed by atoms with E-state index in [1.165, 1.54) is 18.2 Å². The molecular formula is C20H18BrF3N4O2S. The second kappa shape index (κ2) is 9.73. The van der Waals surface area contributed by atoms with Crippen molar-refractivity contribution >= 4 is 39.3 Å². The van der Waals surface area contributed by atoms with Crippen molar-refractivity contribution in [2.75, 3.05) is 11.1 Å². The third-order valence-electron chi connectivity index (χ3n) is 4.20. The molecule has 0 aliphatic carbocycles. The molecule has 0 fully saturated rings. The lowest BCUT2D eigenvalue weighted by molar-refractivity contribution is -0.137. The minimum Gasteiger partial charge on any atom is -0.483 e. The lowest BCUT2D eigenvalue weighted by Crippen LogP contribution is -2.18. The summed E-state index contributed by atoms with van der Waals surface area (Å²) in [7, 11) is 1.73. The van der Waals surface area contributed by atoms with E-state index in [4.69, 9.17) is 4.74 Å². The van der Waals surface area contributed by atoms with Gasteiger partial charge in [0.25, 0.3) is 0 Å². The number of thioether (sulfide) groups is 1. The first kappa shape index (κ1) is 23.1. The number of carbonyl (C=O) groups is 1. The van der Waals surface area contributed by atoms with E-state index < -0.39 is 23.8 Å². The average molecular weight is 515 g/mol. The van der Waals surface area contributed by atoms with Crippen LogP contribution < -0.4 is 10.1 Å². The number of hydrogen-bond donors (Lipinski definition) is 1. The largest absolute Gasteiger partial charge is 0.483 e. The Bertz CT molecular complexity index is 1060. The van der Waals surface area contributed by atoms with Gasteiger partial charge >= 0.3 is 6.18 Å². The highest BCUT2D eigenvalue weighted by Crippen LogP contribution is 2.34. The molecule has 11 heteroatoms.